The topological polar surface area (TPSA) is 16.1 Å². The summed E-state index contributed by atoms with van der Waals surface area (Å²) in [6.45, 7) is 5.44. The summed E-state index contributed by atoms with van der Waals surface area (Å²) >= 11 is 3.22. The maximum Gasteiger partial charge on any atom is 0.166 e. The van der Waals surface area contributed by atoms with Gasteiger partial charge in [-0.25, -0.2) is 9.37 Å². The van der Waals surface area contributed by atoms with Crippen LogP contribution in [0.4, 0.5) is 10.2 Å². The van der Waals surface area contributed by atoms with E-state index in [0.717, 1.165) is 0 Å². The number of halogens is 2. The third-order valence-corrected chi connectivity index (χ3v) is 3.53. The second-order valence-corrected chi connectivity index (χ2v) is 5.32. The predicted molar refractivity (Wildman–Crippen MR) is 79.8 cm³/mol. The first-order valence-corrected chi connectivity index (χ1v) is 7.01. The Labute approximate surface area is 121 Å². The molecule has 1 aromatic heterocycles. The third kappa shape index (κ3) is 3.32. The molecule has 0 aliphatic rings. The fourth-order valence-electron chi connectivity index (χ4n) is 1.97. The molecule has 0 N–H and O–H groups in total. The van der Waals surface area contributed by atoms with Crippen LogP contribution in [0.2, 0.25) is 0 Å². The second-order valence-electron chi connectivity index (χ2n) is 4.40. The van der Waals surface area contributed by atoms with Gasteiger partial charge < -0.3 is 4.90 Å². The number of nitrogens with zero attached hydrogens (tertiary/aromatic N) is 2. The van der Waals surface area contributed by atoms with Crippen LogP contribution in [0.3, 0.4) is 0 Å². The molecular weight excluding hydrogens is 307 g/mol. The van der Waals surface area contributed by atoms with Gasteiger partial charge in [0.25, 0.3) is 0 Å². The normalized spacial score (nSPS) is 10.5. The molecule has 19 heavy (non-hydrogen) atoms. The highest BCUT2D eigenvalue weighted by Crippen LogP contribution is 2.22. The molecule has 2 rings (SSSR count). The third-order valence-electron chi connectivity index (χ3n) is 3.09. The summed E-state index contributed by atoms with van der Waals surface area (Å²) in [5.41, 5.74) is 2.40. The molecule has 2 nitrogen and oxygen atoms in total. The first-order chi connectivity index (χ1) is 9.11. The van der Waals surface area contributed by atoms with Crippen LogP contribution in [0.15, 0.2) is 41.0 Å². The van der Waals surface area contributed by atoms with E-state index in [2.05, 4.69) is 40.0 Å². The SMILES string of the molecule is CCN(Cc1ccccc1C)c1ncc(Br)cc1F. The molecule has 0 unspecified atom stereocenters. The zero-order valence-electron chi connectivity index (χ0n) is 11.0. The maximum atomic E-state index is 14.0. The Kier molecular flexibility index (Phi) is 4.53. The van der Waals surface area contributed by atoms with Gasteiger partial charge in [-0.1, -0.05) is 24.3 Å². The van der Waals surface area contributed by atoms with Crippen LogP contribution in [0.25, 0.3) is 0 Å². The van der Waals surface area contributed by atoms with Crippen molar-refractivity contribution in [3.63, 3.8) is 0 Å². The molecule has 4 heteroatoms. The number of hydrogen-bond acceptors (Lipinski definition) is 2. The highest BCUT2D eigenvalue weighted by molar-refractivity contribution is 9.10. The Hall–Kier alpha value is -1.42. The molecule has 0 radical (unpaired) electrons. The molecule has 1 heterocycles. The average molecular weight is 323 g/mol. The summed E-state index contributed by atoms with van der Waals surface area (Å²) in [6.07, 6.45) is 1.62. The summed E-state index contributed by atoms with van der Waals surface area (Å²) in [5, 5.41) is 0. The summed E-state index contributed by atoms with van der Waals surface area (Å²) in [6, 6.07) is 9.58. The predicted octanol–water partition coefficient (Wildman–Crippen LogP) is 4.32. The van der Waals surface area contributed by atoms with Crippen molar-refractivity contribution < 1.29 is 4.39 Å². The Morgan fingerprint density at radius 2 is 2.05 bits per heavy atom. The van der Waals surface area contributed by atoms with Crippen molar-refractivity contribution in [2.24, 2.45) is 0 Å². The standard InChI is InChI=1S/C15H16BrFN2/c1-3-19(10-12-7-5-4-6-11(12)2)15-14(17)8-13(16)9-18-15/h4-9H,3,10H2,1-2H3. The van der Waals surface area contributed by atoms with Gasteiger partial charge in [0.05, 0.1) is 0 Å². The Bertz CT molecular complexity index is 572. The lowest BCUT2D eigenvalue weighted by Gasteiger charge is -2.23. The molecule has 1 aromatic carbocycles. The highest BCUT2D eigenvalue weighted by atomic mass is 79.9. The van der Waals surface area contributed by atoms with E-state index >= 15 is 0 Å². The van der Waals surface area contributed by atoms with Crippen LogP contribution in [0, 0.1) is 12.7 Å². The van der Waals surface area contributed by atoms with Gasteiger partial charge in [0, 0.05) is 23.8 Å². The Morgan fingerprint density at radius 1 is 1.32 bits per heavy atom. The second kappa shape index (κ2) is 6.15. The molecule has 0 aliphatic carbocycles. The largest absolute Gasteiger partial charge is 0.350 e. The minimum absolute atomic E-state index is 0.301. The number of rotatable bonds is 4. The van der Waals surface area contributed by atoms with Crippen LogP contribution >= 0.6 is 15.9 Å². The van der Waals surface area contributed by atoms with Gasteiger partial charge in [0.1, 0.15) is 0 Å². The molecule has 0 atom stereocenters. The molecule has 0 saturated carbocycles. The van der Waals surface area contributed by atoms with Crippen molar-refractivity contribution in [3.8, 4) is 0 Å². The van der Waals surface area contributed by atoms with Crippen LogP contribution < -0.4 is 4.90 Å². The number of benzene rings is 1. The van der Waals surface area contributed by atoms with E-state index in [0.29, 0.717) is 23.4 Å². The van der Waals surface area contributed by atoms with Gasteiger partial charge in [-0.05, 0) is 47.0 Å². The minimum atomic E-state index is -0.301. The van der Waals surface area contributed by atoms with Gasteiger partial charge in [-0.15, -0.1) is 0 Å². The van der Waals surface area contributed by atoms with E-state index in [1.807, 2.05) is 24.0 Å². The molecule has 0 amide bonds. The van der Waals surface area contributed by atoms with E-state index in [4.69, 9.17) is 0 Å². The monoisotopic (exact) mass is 322 g/mol. The summed E-state index contributed by atoms with van der Waals surface area (Å²) in [4.78, 5) is 6.11. The number of hydrogen-bond donors (Lipinski definition) is 0. The Balaban J connectivity index is 2.28. The smallest absolute Gasteiger partial charge is 0.166 e. The minimum Gasteiger partial charge on any atom is -0.350 e. The summed E-state index contributed by atoms with van der Waals surface area (Å²) < 4.78 is 14.6. The van der Waals surface area contributed by atoms with Gasteiger partial charge in [-0.2, -0.15) is 0 Å². The number of pyridine rings is 1. The maximum absolute atomic E-state index is 14.0. The summed E-state index contributed by atoms with van der Waals surface area (Å²) in [5.74, 6) is 0.0961. The summed E-state index contributed by atoms with van der Waals surface area (Å²) in [7, 11) is 0. The molecule has 0 fully saturated rings. The molecular formula is C15H16BrFN2. The first kappa shape index (κ1) is 14.0. The van der Waals surface area contributed by atoms with Crippen molar-refractivity contribution in [3.05, 3.63) is 57.9 Å². The molecule has 0 bridgehead atoms. The number of aryl methyl sites for hydroxylation is 1. The number of aromatic nitrogens is 1. The quantitative estimate of drug-likeness (QED) is 0.833. The molecule has 100 valence electrons. The van der Waals surface area contributed by atoms with Gasteiger partial charge >= 0.3 is 0 Å². The van der Waals surface area contributed by atoms with Gasteiger partial charge in [-0.3, -0.25) is 0 Å². The van der Waals surface area contributed by atoms with Crippen molar-refractivity contribution in [2.45, 2.75) is 20.4 Å². The van der Waals surface area contributed by atoms with Crippen LogP contribution in [-0.2, 0) is 6.54 Å². The van der Waals surface area contributed by atoms with E-state index in [9.17, 15) is 4.39 Å². The van der Waals surface area contributed by atoms with Crippen molar-refractivity contribution >= 4 is 21.7 Å². The first-order valence-electron chi connectivity index (χ1n) is 6.22. The van der Waals surface area contributed by atoms with Crippen LogP contribution in [0.5, 0.6) is 0 Å². The van der Waals surface area contributed by atoms with Gasteiger partial charge in [0.15, 0.2) is 11.6 Å². The van der Waals surface area contributed by atoms with Crippen LogP contribution in [-0.4, -0.2) is 11.5 Å². The molecule has 0 spiro atoms. The highest BCUT2D eigenvalue weighted by Gasteiger charge is 2.13. The molecule has 0 aliphatic heterocycles. The number of anilines is 1. The zero-order valence-corrected chi connectivity index (χ0v) is 12.6. The average Bonchev–Trinajstić information content (AvgIpc) is 2.39. The van der Waals surface area contributed by atoms with Crippen molar-refractivity contribution in [2.75, 3.05) is 11.4 Å². The van der Waals surface area contributed by atoms with Crippen LogP contribution in [0.1, 0.15) is 18.1 Å². The molecule has 0 saturated heterocycles. The van der Waals surface area contributed by atoms with Crippen molar-refractivity contribution in [1.82, 2.24) is 4.98 Å². The van der Waals surface area contributed by atoms with Crippen molar-refractivity contribution in [1.29, 1.82) is 0 Å². The zero-order chi connectivity index (χ0) is 13.8. The van der Waals surface area contributed by atoms with E-state index in [1.165, 1.54) is 17.2 Å². The van der Waals surface area contributed by atoms with Gasteiger partial charge in [0.2, 0.25) is 0 Å². The fourth-order valence-corrected chi connectivity index (χ4v) is 2.27. The lowest BCUT2D eigenvalue weighted by Crippen LogP contribution is -2.24. The van der Waals surface area contributed by atoms with E-state index in [1.54, 1.807) is 6.20 Å². The van der Waals surface area contributed by atoms with E-state index < -0.39 is 0 Å². The lowest BCUT2D eigenvalue weighted by molar-refractivity contribution is 0.608. The fraction of sp³-hybridized carbons (Fsp3) is 0.267. The lowest BCUT2D eigenvalue weighted by atomic mass is 10.1. The Morgan fingerprint density at radius 3 is 2.68 bits per heavy atom. The molecule has 2 aromatic rings. The van der Waals surface area contributed by atoms with E-state index in [-0.39, 0.29) is 5.82 Å².